The lowest BCUT2D eigenvalue weighted by Gasteiger charge is -2.35. The highest BCUT2D eigenvalue weighted by atomic mass is 16.5. The number of aromatic nitrogens is 1. The van der Waals surface area contributed by atoms with Gasteiger partial charge in [-0.25, -0.2) is 0 Å². The van der Waals surface area contributed by atoms with Crippen molar-refractivity contribution < 1.29 is 24.1 Å². The Morgan fingerprint density at radius 1 is 0.933 bits per heavy atom. The number of hydrogen-bond donors (Lipinski definition) is 1. The molecule has 4 rings (SSSR count). The summed E-state index contributed by atoms with van der Waals surface area (Å²) in [6.45, 7) is 2.58. The van der Waals surface area contributed by atoms with Crippen LogP contribution in [0.1, 0.15) is 18.5 Å². The maximum atomic E-state index is 10.7. The Kier molecular flexibility index (Phi) is 6.29. The van der Waals surface area contributed by atoms with E-state index in [4.69, 9.17) is 18.9 Å². The van der Waals surface area contributed by atoms with Gasteiger partial charge < -0.3 is 24.1 Å². The second-order valence-corrected chi connectivity index (χ2v) is 8.05. The highest BCUT2D eigenvalue weighted by molar-refractivity contribution is 5.42. The number of pyridine rings is 1. The van der Waals surface area contributed by atoms with Crippen LogP contribution < -0.4 is 18.9 Å². The van der Waals surface area contributed by atoms with Gasteiger partial charge in [-0.2, -0.15) is 0 Å². The van der Waals surface area contributed by atoms with Gasteiger partial charge in [-0.05, 0) is 36.8 Å². The average molecular weight is 415 g/mol. The summed E-state index contributed by atoms with van der Waals surface area (Å²) in [5.74, 6) is 3.68. The number of hydrogen-bond acceptors (Lipinski definition) is 7. The second-order valence-electron chi connectivity index (χ2n) is 8.05. The summed E-state index contributed by atoms with van der Waals surface area (Å²) in [7, 11) is 4.91. The van der Waals surface area contributed by atoms with Crippen molar-refractivity contribution in [3.05, 3.63) is 42.2 Å². The number of likely N-dealkylation sites (tertiary alicyclic amines) is 1. The van der Waals surface area contributed by atoms with Crippen LogP contribution in [0, 0.1) is 11.8 Å². The smallest absolute Gasteiger partial charge is 0.183 e. The molecule has 4 atom stereocenters. The Labute approximate surface area is 177 Å². The van der Waals surface area contributed by atoms with Gasteiger partial charge in [-0.1, -0.05) is 12.1 Å². The summed E-state index contributed by atoms with van der Waals surface area (Å²) in [6.07, 6.45) is 2.60. The minimum absolute atomic E-state index is 0.230. The van der Waals surface area contributed by atoms with Crippen LogP contribution in [0.4, 0.5) is 0 Å². The summed E-state index contributed by atoms with van der Waals surface area (Å²) < 4.78 is 22.5. The second kappa shape index (κ2) is 9.10. The molecule has 1 saturated carbocycles. The summed E-state index contributed by atoms with van der Waals surface area (Å²) in [5.41, 5.74) is 0.873. The largest absolute Gasteiger partial charge is 0.493 e. The fraction of sp³-hybridized carbons (Fsp3) is 0.522. The molecule has 2 aliphatic rings. The van der Waals surface area contributed by atoms with E-state index in [-0.39, 0.29) is 6.10 Å². The monoisotopic (exact) mass is 414 g/mol. The number of aliphatic hydroxyl groups excluding tert-OH is 1. The van der Waals surface area contributed by atoms with E-state index in [1.54, 1.807) is 27.5 Å². The van der Waals surface area contributed by atoms with Crippen LogP contribution in [0.25, 0.3) is 0 Å². The standard InChI is InChI=1S/C23H30N2O5/c1-27-19-6-4-5-7-20(19)30-22-11-16-13-25(12-15(16)10-18(22)26)14-17-23(29-3)21(28-2)8-9-24-17/h4-9,15-16,18,22,26H,10-14H2,1-3H3/t15-,16+,18+,22+/m0/s1. The predicted molar refractivity (Wildman–Crippen MR) is 112 cm³/mol. The van der Waals surface area contributed by atoms with Crippen molar-refractivity contribution in [3.63, 3.8) is 0 Å². The number of nitrogens with zero attached hydrogens (tertiary/aromatic N) is 2. The fourth-order valence-corrected chi connectivity index (χ4v) is 4.80. The van der Waals surface area contributed by atoms with E-state index >= 15 is 0 Å². The molecule has 2 aromatic rings. The van der Waals surface area contributed by atoms with Crippen LogP contribution >= 0.6 is 0 Å². The molecule has 1 saturated heterocycles. The van der Waals surface area contributed by atoms with E-state index in [2.05, 4.69) is 9.88 Å². The molecule has 7 heteroatoms. The molecular formula is C23H30N2O5. The van der Waals surface area contributed by atoms with Crippen molar-refractivity contribution in [3.8, 4) is 23.0 Å². The van der Waals surface area contributed by atoms with E-state index in [1.165, 1.54) is 0 Å². The van der Waals surface area contributed by atoms with Crippen molar-refractivity contribution >= 4 is 0 Å². The van der Waals surface area contributed by atoms with E-state index in [9.17, 15) is 5.11 Å². The van der Waals surface area contributed by atoms with Crippen molar-refractivity contribution in [2.45, 2.75) is 31.6 Å². The van der Waals surface area contributed by atoms with Crippen molar-refractivity contribution in [1.82, 2.24) is 9.88 Å². The molecule has 2 heterocycles. The van der Waals surface area contributed by atoms with Gasteiger partial charge in [0.15, 0.2) is 23.0 Å². The van der Waals surface area contributed by atoms with Gasteiger partial charge in [0.25, 0.3) is 0 Å². The zero-order valence-electron chi connectivity index (χ0n) is 17.8. The molecule has 1 aliphatic carbocycles. The number of ether oxygens (including phenoxy) is 4. The number of aliphatic hydroxyl groups is 1. The predicted octanol–water partition coefficient (Wildman–Crippen LogP) is 2.76. The first-order valence-corrected chi connectivity index (χ1v) is 10.4. The molecule has 0 spiro atoms. The molecule has 7 nitrogen and oxygen atoms in total. The summed E-state index contributed by atoms with van der Waals surface area (Å²) in [6, 6.07) is 9.40. The number of para-hydroxylation sites is 2. The Balaban J connectivity index is 1.42. The minimum atomic E-state index is -0.486. The summed E-state index contributed by atoms with van der Waals surface area (Å²) >= 11 is 0. The summed E-state index contributed by atoms with van der Waals surface area (Å²) in [4.78, 5) is 6.90. The molecule has 0 radical (unpaired) electrons. The third kappa shape index (κ3) is 4.18. The maximum absolute atomic E-state index is 10.7. The lowest BCUT2D eigenvalue weighted by Crippen LogP contribution is -2.42. The molecule has 0 unspecified atom stereocenters. The van der Waals surface area contributed by atoms with Gasteiger partial charge in [-0.3, -0.25) is 9.88 Å². The van der Waals surface area contributed by atoms with Crippen LogP contribution in [-0.2, 0) is 6.54 Å². The first kappa shape index (κ1) is 20.8. The topological polar surface area (TPSA) is 73.3 Å². The quantitative estimate of drug-likeness (QED) is 0.747. The number of rotatable bonds is 7. The van der Waals surface area contributed by atoms with Crippen LogP contribution in [0.3, 0.4) is 0 Å². The third-order valence-electron chi connectivity index (χ3n) is 6.25. The molecule has 162 valence electrons. The Morgan fingerprint density at radius 2 is 1.63 bits per heavy atom. The van der Waals surface area contributed by atoms with Gasteiger partial charge >= 0.3 is 0 Å². The van der Waals surface area contributed by atoms with Crippen LogP contribution in [0.2, 0.25) is 0 Å². The van der Waals surface area contributed by atoms with Crippen LogP contribution in [0.5, 0.6) is 23.0 Å². The highest BCUT2D eigenvalue weighted by Gasteiger charge is 2.43. The number of methoxy groups -OCH3 is 3. The molecule has 1 aromatic heterocycles. The van der Waals surface area contributed by atoms with Gasteiger partial charge in [0.1, 0.15) is 11.8 Å². The Morgan fingerprint density at radius 3 is 2.33 bits per heavy atom. The number of benzene rings is 1. The minimum Gasteiger partial charge on any atom is -0.493 e. The molecule has 1 aromatic carbocycles. The average Bonchev–Trinajstić information content (AvgIpc) is 3.14. The van der Waals surface area contributed by atoms with Gasteiger partial charge in [-0.15, -0.1) is 0 Å². The van der Waals surface area contributed by atoms with E-state index in [0.717, 1.165) is 31.6 Å². The normalized spacial score (nSPS) is 26.1. The molecule has 0 bridgehead atoms. The molecule has 30 heavy (non-hydrogen) atoms. The maximum Gasteiger partial charge on any atom is 0.183 e. The molecule has 1 N–H and O–H groups in total. The van der Waals surface area contributed by atoms with Crippen LogP contribution in [-0.4, -0.2) is 61.6 Å². The van der Waals surface area contributed by atoms with Gasteiger partial charge in [0.2, 0.25) is 0 Å². The zero-order chi connectivity index (χ0) is 21.1. The highest BCUT2D eigenvalue weighted by Crippen LogP contribution is 2.40. The van der Waals surface area contributed by atoms with Crippen molar-refractivity contribution in [2.75, 3.05) is 34.4 Å². The number of fused-ring (bicyclic) bond motifs is 1. The third-order valence-corrected chi connectivity index (χ3v) is 6.25. The van der Waals surface area contributed by atoms with Gasteiger partial charge in [0, 0.05) is 31.9 Å². The van der Waals surface area contributed by atoms with Crippen molar-refractivity contribution in [1.29, 1.82) is 0 Å². The fourth-order valence-electron chi connectivity index (χ4n) is 4.80. The molecule has 2 fully saturated rings. The molecule has 1 aliphatic heterocycles. The molecule has 0 amide bonds. The summed E-state index contributed by atoms with van der Waals surface area (Å²) in [5, 5.41) is 10.7. The van der Waals surface area contributed by atoms with Gasteiger partial charge in [0.05, 0.1) is 27.4 Å². The Hall–Kier alpha value is -2.51. The molecular weight excluding hydrogens is 384 g/mol. The van der Waals surface area contributed by atoms with E-state index in [1.807, 2.05) is 30.3 Å². The first-order valence-electron chi connectivity index (χ1n) is 10.4. The van der Waals surface area contributed by atoms with E-state index in [0.29, 0.717) is 41.4 Å². The zero-order valence-corrected chi connectivity index (χ0v) is 17.8. The van der Waals surface area contributed by atoms with E-state index < -0.39 is 6.10 Å². The first-order chi connectivity index (χ1) is 14.6. The lowest BCUT2D eigenvalue weighted by atomic mass is 9.78. The Bertz CT molecular complexity index is 861. The SMILES string of the molecule is COc1ccccc1O[C@@H]1C[C@@H]2CN(Cc3nccc(OC)c3OC)C[C@@H]2C[C@H]1O. The van der Waals surface area contributed by atoms with Crippen molar-refractivity contribution in [2.24, 2.45) is 11.8 Å². The lowest BCUT2D eigenvalue weighted by molar-refractivity contribution is -0.0240. The van der Waals surface area contributed by atoms with Crippen LogP contribution in [0.15, 0.2) is 36.5 Å².